The SMILES string of the molecule is Cc1ccc(-n2c(CNS(=O)(=O)c3ccc(C(C)(C)C)cc3)nc3ccccc3c2=O)c(C)c1. The van der Waals surface area contributed by atoms with E-state index >= 15 is 0 Å². The van der Waals surface area contributed by atoms with Gasteiger partial charge in [0.15, 0.2) is 0 Å². The van der Waals surface area contributed by atoms with Crippen molar-refractivity contribution in [2.75, 3.05) is 0 Å². The van der Waals surface area contributed by atoms with Gasteiger partial charge in [-0.05, 0) is 60.7 Å². The summed E-state index contributed by atoms with van der Waals surface area (Å²) in [4.78, 5) is 18.3. The third-order valence-corrected chi connectivity index (χ3v) is 7.31. The summed E-state index contributed by atoms with van der Waals surface area (Å²) in [7, 11) is -3.81. The first-order chi connectivity index (χ1) is 16.0. The molecule has 0 saturated heterocycles. The molecule has 0 aliphatic carbocycles. The fraction of sp³-hybridized carbons (Fsp3) is 0.259. The molecule has 0 aliphatic rings. The van der Waals surface area contributed by atoms with Gasteiger partial charge >= 0.3 is 0 Å². The van der Waals surface area contributed by atoms with Gasteiger partial charge in [0.05, 0.1) is 28.0 Å². The lowest BCUT2D eigenvalue weighted by Gasteiger charge is -2.19. The highest BCUT2D eigenvalue weighted by Gasteiger charge is 2.20. The van der Waals surface area contributed by atoms with Crippen molar-refractivity contribution in [2.24, 2.45) is 0 Å². The molecule has 0 amide bonds. The number of sulfonamides is 1. The molecule has 1 heterocycles. The van der Waals surface area contributed by atoms with Crippen LogP contribution in [-0.2, 0) is 22.0 Å². The molecule has 0 spiro atoms. The number of aromatic nitrogens is 2. The second-order valence-electron chi connectivity index (χ2n) is 9.57. The van der Waals surface area contributed by atoms with E-state index in [1.165, 1.54) is 4.57 Å². The molecule has 3 aromatic carbocycles. The zero-order chi connectivity index (χ0) is 24.7. The van der Waals surface area contributed by atoms with Gasteiger partial charge < -0.3 is 0 Å². The molecule has 0 aliphatic heterocycles. The number of benzene rings is 3. The van der Waals surface area contributed by atoms with E-state index in [4.69, 9.17) is 0 Å². The van der Waals surface area contributed by atoms with Crippen LogP contribution in [0.25, 0.3) is 16.6 Å². The Hall–Kier alpha value is -3.29. The van der Waals surface area contributed by atoms with Gasteiger partial charge in [0.2, 0.25) is 10.0 Å². The molecule has 6 nitrogen and oxygen atoms in total. The molecule has 0 saturated carbocycles. The zero-order valence-electron chi connectivity index (χ0n) is 20.1. The van der Waals surface area contributed by atoms with Crippen LogP contribution in [0, 0.1) is 13.8 Å². The lowest BCUT2D eigenvalue weighted by atomic mass is 9.87. The molecule has 0 unspecified atom stereocenters. The maximum absolute atomic E-state index is 13.5. The minimum Gasteiger partial charge on any atom is -0.268 e. The Morgan fingerprint density at radius 3 is 2.26 bits per heavy atom. The van der Waals surface area contributed by atoms with Gasteiger partial charge in [-0.25, -0.2) is 18.1 Å². The number of aryl methyl sites for hydroxylation is 2. The van der Waals surface area contributed by atoms with E-state index in [1.54, 1.807) is 36.4 Å². The second kappa shape index (κ2) is 8.81. The predicted molar refractivity (Wildman–Crippen MR) is 136 cm³/mol. The van der Waals surface area contributed by atoms with E-state index in [-0.39, 0.29) is 22.4 Å². The van der Waals surface area contributed by atoms with E-state index in [0.717, 1.165) is 16.7 Å². The van der Waals surface area contributed by atoms with Crippen LogP contribution < -0.4 is 10.3 Å². The monoisotopic (exact) mass is 475 g/mol. The fourth-order valence-electron chi connectivity index (χ4n) is 3.98. The van der Waals surface area contributed by atoms with Crippen molar-refractivity contribution in [3.8, 4) is 5.69 Å². The molecular weight excluding hydrogens is 446 g/mol. The van der Waals surface area contributed by atoms with Crippen LogP contribution in [0.3, 0.4) is 0 Å². The number of nitrogens with zero attached hydrogens (tertiary/aromatic N) is 2. The van der Waals surface area contributed by atoms with Crippen LogP contribution in [0.4, 0.5) is 0 Å². The maximum atomic E-state index is 13.5. The molecule has 1 N–H and O–H groups in total. The summed E-state index contributed by atoms with van der Waals surface area (Å²) in [6, 6.07) is 19.7. The standard InChI is InChI=1S/C27H29N3O3S/c1-18-10-15-24(19(2)16-18)30-25(29-23-9-7-6-8-22(23)26(30)31)17-28-34(32,33)21-13-11-20(12-14-21)27(3,4)5/h6-16,28H,17H2,1-5H3. The van der Waals surface area contributed by atoms with Gasteiger partial charge in [0, 0.05) is 0 Å². The number of hydrogen-bond acceptors (Lipinski definition) is 4. The van der Waals surface area contributed by atoms with Gasteiger partial charge in [-0.15, -0.1) is 0 Å². The average molecular weight is 476 g/mol. The summed E-state index contributed by atoms with van der Waals surface area (Å²) in [5, 5.41) is 0.479. The first-order valence-electron chi connectivity index (χ1n) is 11.2. The maximum Gasteiger partial charge on any atom is 0.266 e. The summed E-state index contributed by atoms with van der Waals surface area (Å²) in [5.74, 6) is 0.325. The first-order valence-corrected chi connectivity index (χ1v) is 12.6. The molecule has 0 radical (unpaired) electrons. The van der Waals surface area contributed by atoms with Crippen LogP contribution in [0.2, 0.25) is 0 Å². The highest BCUT2D eigenvalue weighted by atomic mass is 32.2. The summed E-state index contributed by atoms with van der Waals surface area (Å²) >= 11 is 0. The minimum atomic E-state index is -3.81. The van der Waals surface area contributed by atoms with Crippen LogP contribution in [0.15, 0.2) is 76.4 Å². The molecule has 34 heavy (non-hydrogen) atoms. The Bertz CT molecular complexity index is 1530. The summed E-state index contributed by atoms with van der Waals surface area (Å²) < 4.78 is 30.2. The molecule has 4 rings (SSSR count). The van der Waals surface area contributed by atoms with E-state index in [2.05, 4.69) is 30.5 Å². The summed E-state index contributed by atoms with van der Waals surface area (Å²) in [6.07, 6.45) is 0. The Morgan fingerprint density at radius 1 is 0.941 bits per heavy atom. The van der Waals surface area contributed by atoms with E-state index in [1.807, 2.05) is 44.2 Å². The van der Waals surface area contributed by atoms with Gasteiger partial charge in [0.25, 0.3) is 5.56 Å². The lowest BCUT2D eigenvalue weighted by molar-refractivity contribution is 0.575. The highest BCUT2D eigenvalue weighted by molar-refractivity contribution is 7.89. The first kappa shape index (κ1) is 23.9. The topological polar surface area (TPSA) is 81.1 Å². The highest BCUT2D eigenvalue weighted by Crippen LogP contribution is 2.24. The Balaban J connectivity index is 1.76. The molecule has 1 aromatic heterocycles. The summed E-state index contributed by atoms with van der Waals surface area (Å²) in [5.41, 5.74) is 3.92. The van der Waals surface area contributed by atoms with Gasteiger partial charge in [-0.2, -0.15) is 0 Å². The normalized spacial score (nSPS) is 12.3. The Kier molecular flexibility index (Phi) is 6.18. The quantitative estimate of drug-likeness (QED) is 0.450. The third kappa shape index (κ3) is 4.67. The fourth-order valence-corrected chi connectivity index (χ4v) is 4.96. The van der Waals surface area contributed by atoms with Gasteiger partial charge in [0.1, 0.15) is 5.82 Å². The van der Waals surface area contributed by atoms with Crippen molar-refractivity contribution in [1.82, 2.24) is 14.3 Å². The number of fused-ring (bicyclic) bond motifs is 1. The summed E-state index contributed by atoms with van der Waals surface area (Å²) in [6.45, 7) is 10.0. The smallest absolute Gasteiger partial charge is 0.266 e. The van der Waals surface area contributed by atoms with Gasteiger partial charge in [-0.3, -0.25) is 9.36 Å². The Morgan fingerprint density at radius 2 is 1.62 bits per heavy atom. The van der Waals surface area contributed by atoms with E-state index in [0.29, 0.717) is 22.4 Å². The van der Waals surface area contributed by atoms with Crippen molar-refractivity contribution >= 4 is 20.9 Å². The van der Waals surface area contributed by atoms with Crippen molar-refractivity contribution in [3.05, 3.63) is 99.6 Å². The van der Waals surface area contributed by atoms with Crippen molar-refractivity contribution in [1.29, 1.82) is 0 Å². The van der Waals surface area contributed by atoms with Crippen LogP contribution >= 0.6 is 0 Å². The number of nitrogens with one attached hydrogen (secondary N) is 1. The third-order valence-electron chi connectivity index (χ3n) is 5.89. The number of para-hydroxylation sites is 1. The second-order valence-corrected chi connectivity index (χ2v) is 11.3. The van der Waals surface area contributed by atoms with Crippen LogP contribution in [-0.4, -0.2) is 18.0 Å². The average Bonchev–Trinajstić information content (AvgIpc) is 2.78. The van der Waals surface area contributed by atoms with Crippen molar-refractivity contribution in [2.45, 2.75) is 51.5 Å². The number of hydrogen-bond donors (Lipinski definition) is 1. The molecule has 0 atom stereocenters. The largest absolute Gasteiger partial charge is 0.268 e. The predicted octanol–water partition coefficient (Wildman–Crippen LogP) is 4.78. The lowest BCUT2D eigenvalue weighted by Crippen LogP contribution is -2.30. The van der Waals surface area contributed by atoms with Gasteiger partial charge in [-0.1, -0.05) is 62.7 Å². The molecular formula is C27H29N3O3S. The molecule has 7 heteroatoms. The molecule has 176 valence electrons. The molecule has 4 aromatic rings. The van der Waals surface area contributed by atoms with E-state index < -0.39 is 10.0 Å². The Labute approximate surface area is 200 Å². The minimum absolute atomic E-state index is 0.0767. The van der Waals surface area contributed by atoms with E-state index in [9.17, 15) is 13.2 Å². The van der Waals surface area contributed by atoms with Crippen molar-refractivity contribution in [3.63, 3.8) is 0 Å². The number of rotatable bonds is 5. The van der Waals surface area contributed by atoms with Crippen LogP contribution in [0.1, 0.15) is 43.3 Å². The van der Waals surface area contributed by atoms with Crippen LogP contribution in [0.5, 0.6) is 0 Å². The molecule has 0 fully saturated rings. The zero-order valence-corrected chi connectivity index (χ0v) is 20.9. The van der Waals surface area contributed by atoms with Crippen molar-refractivity contribution < 1.29 is 8.42 Å². The molecule has 0 bridgehead atoms.